The Morgan fingerprint density at radius 1 is 1.67 bits per heavy atom. The fourth-order valence-corrected chi connectivity index (χ4v) is 1.88. The van der Waals surface area contributed by atoms with Gasteiger partial charge in [0.25, 0.3) is 0 Å². The summed E-state index contributed by atoms with van der Waals surface area (Å²) in [6.07, 6.45) is 3.73. The molecule has 0 aliphatic carbocycles. The van der Waals surface area contributed by atoms with Gasteiger partial charge in [0.05, 0.1) is 12.1 Å². The van der Waals surface area contributed by atoms with Gasteiger partial charge in [-0.2, -0.15) is 0 Å². The standard InChI is InChI=1S/C11H22N2O2/c1-3-4-10(12)11(14)13-9-5-6-15-8(2)7-9/h8-10H,3-7,12H2,1-2H3,(H,13,14)/t8?,9?,10-/m0/s1. The van der Waals surface area contributed by atoms with Crippen LogP contribution in [0, 0.1) is 0 Å². The van der Waals surface area contributed by atoms with Crippen molar-refractivity contribution in [2.24, 2.45) is 5.73 Å². The summed E-state index contributed by atoms with van der Waals surface area (Å²) in [4.78, 5) is 11.6. The molecule has 0 aromatic heterocycles. The number of hydrogen-bond acceptors (Lipinski definition) is 3. The molecule has 88 valence electrons. The van der Waals surface area contributed by atoms with Crippen molar-refractivity contribution in [3.05, 3.63) is 0 Å². The van der Waals surface area contributed by atoms with Crippen LogP contribution in [0.2, 0.25) is 0 Å². The van der Waals surface area contributed by atoms with Gasteiger partial charge in [0.1, 0.15) is 0 Å². The quantitative estimate of drug-likeness (QED) is 0.727. The molecule has 0 saturated carbocycles. The molecule has 1 amide bonds. The van der Waals surface area contributed by atoms with E-state index < -0.39 is 0 Å². The third-order valence-electron chi connectivity index (χ3n) is 2.77. The summed E-state index contributed by atoms with van der Waals surface area (Å²) >= 11 is 0. The van der Waals surface area contributed by atoms with E-state index in [1.54, 1.807) is 0 Å². The van der Waals surface area contributed by atoms with Gasteiger partial charge in [-0.1, -0.05) is 13.3 Å². The predicted molar refractivity (Wildman–Crippen MR) is 59.5 cm³/mol. The van der Waals surface area contributed by atoms with E-state index in [9.17, 15) is 4.79 Å². The molecule has 1 saturated heterocycles. The summed E-state index contributed by atoms with van der Waals surface area (Å²) in [6, 6.07) is -0.114. The number of nitrogens with two attached hydrogens (primary N) is 1. The number of amides is 1. The van der Waals surface area contributed by atoms with E-state index in [2.05, 4.69) is 5.32 Å². The van der Waals surface area contributed by atoms with Crippen molar-refractivity contribution >= 4 is 5.91 Å². The maximum atomic E-state index is 11.6. The fourth-order valence-electron chi connectivity index (χ4n) is 1.88. The second-order valence-corrected chi connectivity index (χ2v) is 4.31. The number of carbonyl (C=O) groups is 1. The Labute approximate surface area is 91.5 Å². The van der Waals surface area contributed by atoms with Crippen molar-refractivity contribution in [1.82, 2.24) is 5.32 Å². The summed E-state index contributed by atoms with van der Waals surface area (Å²) < 4.78 is 5.42. The molecule has 1 aliphatic heterocycles. The number of ether oxygens (including phenoxy) is 1. The van der Waals surface area contributed by atoms with Crippen molar-refractivity contribution in [2.45, 2.75) is 57.7 Å². The van der Waals surface area contributed by atoms with Crippen molar-refractivity contribution < 1.29 is 9.53 Å². The van der Waals surface area contributed by atoms with Crippen LogP contribution < -0.4 is 11.1 Å². The maximum absolute atomic E-state index is 11.6. The predicted octanol–water partition coefficient (Wildman–Crippen LogP) is 0.797. The molecule has 0 radical (unpaired) electrons. The van der Waals surface area contributed by atoms with Gasteiger partial charge >= 0.3 is 0 Å². The third kappa shape index (κ3) is 4.18. The largest absolute Gasteiger partial charge is 0.378 e. The second-order valence-electron chi connectivity index (χ2n) is 4.31. The molecule has 1 fully saturated rings. The monoisotopic (exact) mass is 214 g/mol. The van der Waals surface area contributed by atoms with Gasteiger partial charge in [-0.3, -0.25) is 4.79 Å². The minimum absolute atomic E-state index is 0.0176. The number of rotatable bonds is 4. The Bertz CT molecular complexity index is 209. The number of nitrogens with one attached hydrogen (secondary N) is 1. The number of carbonyl (C=O) groups excluding carboxylic acids is 1. The molecule has 4 nitrogen and oxygen atoms in total. The zero-order valence-corrected chi connectivity index (χ0v) is 9.66. The van der Waals surface area contributed by atoms with Crippen LogP contribution >= 0.6 is 0 Å². The molecule has 3 atom stereocenters. The molecule has 15 heavy (non-hydrogen) atoms. The minimum Gasteiger partial charge on any atom is -0.378 e. The van der Waals surface area contributed by atoms with E-state index in [-0.39, 0.29) is 24.1 Å². The van der Waals surface area contributed by atoms with Crippen LogP contribution in [0.5, 0.6) is 0 Å². The average Bonchev–Trinajstić information content (AvgIpc) is 2.18. The summed E-state index contributed by atoms with van der Waals surface area (Å²) in [7, 11) is 0. The lowest BCUT2D eigenvalue weighted by Gasteiger charge is -2.28. The van der Waals surface area contributed by atoms with E-state index in [0.717, 1.165) is 32.3 Å². The van der Waals surface area contributed by atoms with Crippen LogP contribution in [0.4, 0.5) is 0 Å². The molecule has 0 bridgehead atoms. The van der Waals surface area contributed by atoms with E-state index in [1.807, 2.05) is 13.8 Å². The van der Waals surface area contributed by atoms with Gasteiger partial charge in [-0.05, 0) is 26.2 Å². The van der Waals surface area contributed by atoms with Crippen molar-refractivity contribution in [3.8, 4) is 0 Å². The Kier molecular flexibility index (Phi) is 5.05. The first-order valence-electron chi connectivity index (χ1n) is 5.81. The van der Waals surface area contributed by atoms with Crippen LogP contribution in [0.1, 0.15) is 39.5 Å². The lowest BCUT2D eigenvalue weighted by molar-refractivity contribution is -0.124. The summed E-state index contributed by atoms with van der Waals surface area (Å²) in [6.45, 7) is 4.79. The van der Waals surface area contributed by atoms with E-state index in [1.165, 1.54) is 0 Å². The molecule has 0 spiro atoms. The third-order valence-corrected chi connectivity index (χ3v) is 2.77. The SMILES string of the molecule is CCC[C@H](N)C(=O)NC1CCOC(C)C1. The number of hydrogen-bond donors (Lipinski definition) is 2. The Morgan fingerprint density at radius 2 is 2.40 bits per heavy atom. The molecule has 0 aromatic rings. The minimum atomic E-state index is -0.354. The van der Waals surface area contributed by atoms with Crippen LogP contribution in [-0.4, -0.2) is 30.7 Å². The van der Waals surface area contributed by atoms with Crippen LogP contribution in [-0.2, 0) is 9.53 Å². The topological polar surface area (TPSA) is 64.4 Å². The Morgan fingerprint density at radius 3 is 3.00 bits per heavy atom. The smallest absolute Gasteiger partial charge is 0.237 e. The summed E-state index contributed by atoms with van der Waals surface area (Å²) in [5.74, 6) is -0.0176. The molecule has 1 rings (SSSR count). The zero-order valence-electron chi connectivity index (χ0n) is 9.66. The van der Waals surface area contributed by atoms with Crippen LogP contribution in [0.25, 0.3) is 0 Å². The second kappa shape index (κ2) is 6.08. The van der Waals surface area contributed by atoms with Gasteiger partial charge in [0.2, 0.25) is 5.91 Å². The molecular weight excluding hydrogens is 192 g/mol. The van der Waals surface area contributed by atoms with Gasteiger partial charge in [0.15, 0.2) is 0 Å². The fraction of sp³-hybridized carbons (Fsp3) is 0.909. The van der Waals surface area contributed by atoms with Gasteiger partial charge < -0.3 is 15.8 Å². The molecule has 1 heterocycles. The van der Waals surface area contributed by atoms with E-state index in [0.29, 0.717) is 0 Å². The first kappa shape index (κ1) is 12.5. The highest BCUT2D eigenvalue weighted by Gasteiger charge is 2.22. The lowest BCUT2D eigenvalue weighted by Crippen LogP contribution is -2.48. The van der Waals surface area contributed by atoms with Crippen LogP contribution in [0.15, 0.2) is 0 Å². The van der Waals surface area contributed by atoms with Crippen molar-refractivity contribution in [2.75, 3.05) is 6.61 Å². The average molecular weight is 214 g/mol. The lowest BCUT2D eigenvalue weighted by atomic mass is 10.0. The van der Waals surface area contributed by atoms with E-state index in [4.69, 9.17) is 10.5 Å². The summed E-state index contributed by atoms with van der Waals surface area (Å²) in [5, 5.41) is 2.99. The molecular formula is C11H22N2O2. The van der Waals surface area contributed by atoms with Gasteiger partial charge in [-0.15, -0.1) is 0 Å². The molecule has 0 aromatic carbocycles. The highest BCUT2D eigenvalue weighted by atomic mass is 16.5. The van der Waals surface area contributed by atoms with Crippen molar-refractivity contribution in [1.29, 1.82) is 0 Å². The normalized spacial score (nSPS) is 28.5. The van der Waals surface area contributed by atoms with Crippen LogP contribution in [0.3, 0.4) is 0 Å². The molecule has 1 aliphatic rings. The first-order valence-corrected chi connectivity index (χ1v) is 5.81. The maximum Gasteiger partial charge on any atom is 0.237 e. The Hall–Kier alpha value is -0.610. The van der Waals surface area contributed by atoms with Gasteiger partial charge in [0, 0.05) is 12.6 Å². The van der Waals surface area contributed by atoms with E-state index >= 15 is 0 Å². The Balaban J connectivity index is 2.30. The summed E-state index contributed by atoms with van der Waals surface area (Å²) in [5.41, 5.74) is 5.74. The highest BCUT2D eigenvalue weighted by Crippen LogP contribution is 2.13. The van der Waals surface area contributed by atoms with Gasteiger partial charge in [-0.25, -0.2) is 0 Å². The molecule has 2 unspecified atom stereocenters. The molecule has 4 heteroatoms. The zero-order chi connectivity index (χ0) is 11.3. The van der Waals surface area contributed by atoms with Crippen molar-refractivity contribution in [3.63, 3.8) is 0 Å². The highest BCUT2D eigenvalue weighted by molar-refractivity contribution is 5.81. The molecule has 3 N–H and O–H groups in total. The first-order chi connectivity index (χ1) is 7.13.